The van der Waals surface area contributed by atoms with E-state index in [1.54, 1.807) is 11.3 Å². The summed E-state index contributed by atoms with van der Waals surface area (Å²) < 4.78 is 0. The number of hydrogen-bond acceptors (Lipinski definition) is 4. The van der Waals surface area contributed by atoms with E-state index in [1.807, 2.05) is 6.92 Å². The first-order valence-electron chi connectivity index (χ1n) is 7.60. The average molecular weight is 303 g/mol. The van der Waals surface area contributed by atoms with Crippen LogP contribution in [0.5, 0.6) is 0 Å². The fraction of sp³-hybridized carbons (Fsp3) is 0.529. The fourth-order valence-electron chi connectivity index (χ4n) is 2.44. The number of hydrogen-bond donors (Lipinski definition) is 1. The Bertz CT molecular complexity index is 560. The molecule has 1 aromatic carbocycles. The second-order valence-electron chi connectivity index (χ2n) is 6.11. The van der Waals surface area contributed by atoms with E-state index in [9.17, 15) is 0 Å². The van der Waals surface area contributed by atoms with Crippen LogP contribution in [-0.4, -0.2) is 10.2 Å². The molecule has 0 saturated heterocycles. The lowest BCUT2D eigenvalue weighted by Gasteiger charge is -2.19. The highest BCUT2D eigenvalue weighted by atomic mass is 32.1. The molecule has 0 aliphatic carbocycles. The van der Waals surface area contributed by atoms with Crippen molar-refractivity contribution in [3.8, 4) is 0 Å². The Morgan fingerprint density at radius 1 is 1.00 bits per heavy atom. The number of benzene rings is 1. The summed E-state index contributed by atoms with van der Waals surface area (Å²) in [5.74, 6) is 0.701. The van der Waals surface area contributed by atoms with Crippen molar-refractivity contribution in [3.63, 3.8) is 0 Å². The third-order valence-electron chi connectivity index (χ3n) is 3.54. The fourth-order valence-corrected chi connectivity index (χ4v) is 3.15. The smallest absolute Gasteiger partial charge is 0.134 e. The number of nitrogens with one attached hydrogen (secondary N) is 1. The van der Waals surface area contributed by atoms with Gasteiger partial charge in [-0.3, -0.25) is 0 Å². The lowest BCUT2D eigenvalue weighted by Crippen LogP contribution is -2.22. The molecule has 0 aliphatic rings. The van der Waals surface area contributed by atoms with Crippen molar-refractivity contribution >= 4 is 11.3 Å². The van der Waals surface area contributed by atoms with Crippen LogP contribution in [0, 0.1) is 12.8 Å². The van der Waals surface area contributed by atoms with Crippen molar-refractivity contribution in [1.29, 1.82) is 0 Å². The summed E-state index contributed by atoms with van der Waals surface area (Å²) >= 11 is 1.66. The van der Waals surface area contributed by atoms with Crippen LogP contribution in [0.2, 0.25) is 0 Å². The summed E-state index contributed by atoms with van der Waals surface area (Å²) in [6, 6.07) is 9.47. The standard InChI is InChI=1S/C17H25N3S/c1-11(2)10-15-6-8-16(9-7-15)12(3)18-13(4)17-20-19-14(5)21-17/h6-9,11-13,18H,10H2,1-5H3/t12-,13-/m1/s1. The summed E-state index contributed by atoms with van der Waals surface area (Å²) in [6.45, 7) is 10.8. The molecule has 3 nitrogen and oxygen atoms in total. The molecule has 0 unspecified atom stereocenters. The molecule has 0 fully saturated rings. The molecule has 1 N–H and O–H groups in total. The van der Waals surface area contributed by atoms with Gasteiger partial charge in [0.15, 0.2) is 0 Å². The maximum absolute atomic E-state index is 4.22. The van der Waals surface area contributed by atoms with Crippen LogP contribution in [-0.2, 0) is 6.42 Å². The zero-order chi connectivity index (χ0) is 15.4. The van der Waals surface area contributed by atoms with Crippen molar-refractivity contribution < 1.29 is 0 Å². The van der Waals surface area contributed by atoms with Gasteiger partial charge in [0, 0.05) is 6.04 Å². The zero-order valence-corrected chi connectivity index (χ0v) is 14.4. The predicted octanol–water partition coefficient (Wildman–Crippen LogP) is 4.46. The molecule has 0 radical (unpaired) electrons. The normalized spacial score (nSPS) is 14.4. The van der Waals surface area contributed by atoms with Gasteiger partial charge in [0.05, 0.1) is 6.04 Å². The molecule has 2 rings (SSSR count). The third kappa shape index (κ3) is 4.61. The van der Waals surface area contributed by atoms with Crippen molar-refractivity contribution in [2.75, 3.05) is 0 Å². The molecular formula is C17H25N3S. The predicted molar refractivity (Wildman–Crippen MR) is 89.6 cm³/mol. The number of nitrogens with zero attached hydrogens (tertiary/aromatic N) is 2. The van der Waals surface area contributed by atoms with Crippen molar-refractivity contribution in [2.45, 2.75) is 53.1 Å². The van der Waals surface area contributed by atoms with Crippen LogP contribution < -0.4 is 5.32 Å². The van der Waals surface area contributed by atoms with Crippen molar-refractivity contribution in [3.05, 3.63) is 45.4 Å². The van der Waals surface area contributed by atoms with Gasteiger partial charge in [0.2, 0.25) is 0 Å². The average Bonchev–Trinajstić information content (AvgIpc) is 2.85. The molecule has 4 heteroatoms. The zero-order valence-electron chi connectivity index (χ0n) is 13.6. The summed E-state index contributed by atoms with van der Waals surface area (Å²) in [5.41, 5.74) is 2.73. The molecule has 2 aromatic rings. The molecule has 2 atom stereocenters. The summed E-state index contributed by atoms with van der Waals surface area (Å²) in [7, 11) is 0. The third-order valence-corrected chi connectivity index (χ3v) is 4.56. The Balaban J connectivity index is 1.98. The summed E-state index contributed by atoms with van der Waals surface area (Å²) in [5, 5.41) is 14.0. The van der Waals surface area contributed by atoms with E-state index in [1.165, 1.54) is 11.1 Å². The second-order valence-corrected chi connectivity index (χ2v) is 7.32. The van der Waals surface area contributed by atoms with Gasteiger partial charge in [-0.1, -0.05) is 38.1 Å². The molecule has 0 amide bonds. The summed E-state index contributed by atoms with van der Waals surface area (Å²) in [4.78, 5) is 0. The molecule has 0 aliphatic heterocycles. The number of rotatable bonds is 6. The van der Waals surface area contributed by atoms with Gasteiger partial charge < -0.3 is 5.32 Å². The van der Waals surface area contributed by atoms with Crippen LogP contribution in [0.15, 0.2) is 24.3 Å². The van der Waals surface area contributed by atoms with E-state index in [0.29, 0.717) is 12.0 Å². The van der Waals surface area contributed by atoms with Crippen molar-refractivity contribution in [1.82, 2.24) is 15.5 Å². The van der Waals surface area contributed by atoms with E-state index >= 15 is 0 Å². The SMILES string of the molecule is Cc1nnc([C@@H](C)N[C@H](C)c2ccc(CC(C)C)cc2)s1. The largest absolute Gasteiger partial charge is 0.301 e. The quantitative estimate of drug-likeness (QED) is 0.856. The first-order chi connectivity index (χ1) is 9.95. The first kappa shape index (κ1) is 16.1. The highest BCUT2D eigenvalue weighted by molar-refractivity contribution is 7.11. The van der Waals surface area contributed by atoms with E-state index in [-0.39, 0.29) is 6.04 Å². The molecule has 0 spiro atoms. The molecule has 1 heterocycles. The minimum atomic E-state index is 0.224. The maximum Gasteiger partial charge on any atom is 0.134 e. The minimum Gasteiger partial charge on any atom is -0.301 e. The molecule has 0 saturated carbocycles. The Kier molecular flexibility index (Phi) is 5.48. The maximum atomic E-state index is 4.22. The van der Waals surface area contributed by atoms with Gasteiger partial charge in [0.25, 0.3) is 0 Å². The Morgan fingerprint density at radius 2 is 1.67 bits per heavy atom. The van der Waals surface area contributed by atoms with E-state index < -0.39 is 0 Å². The van der Waals surface area contributed by atoms with Crippen LogP contribution in [0.3, 0.4) is 0 Å². The summed E-state index contributed by atoms with van der Waals surface area (Å²) in [6.07, 6.45) is 1.14. The van der Waals surface area contributed by atoms with Crippen molar-refractivity contribution in [2.24, 2.45) is 5.92 Å². The van der Waals surface area contributed by atoms with E-state index in [4.69, 9.17) is 0 Å². The Morgan fingerprint density at radius 3 is 2.19 bits per heavy atom. The van der Waals surface area contributed by atoms with Crippen LogP contribution in [0.4, 0.5) is 0 Å². The molecule has 0 bridgehead atoms. The second kappa shape index (κ2) is 7.14. The molecule has 21 heavy (non-hydrogen) atoms. The highest BCUT2D eigenvalue weighted by Gasteiger charge is 2.14. The minimum absolute atomic E-state index is 0.224. The molecule has 114 valence electrons. The van der Waals surface area contributed by atoms with Gasteiger partial charge in [0.1, 0.15) is 10.0 Å². The van der Waals surface area contributed by atoms with Crippen LogP contribution >= 0.6 is 11.3 Å². The lowest BCUT2D eigenvalue weighted by molar-refractivity contribution is 0.490. The van der Waals surface area contributed by atoms with Gasteiger partial charge >= 0.3 is 0 Å². The van der Waals surface area contributed by atoms with E-state index in [2.05, 4.69) is 67.5 Å². The van der Waals surface area contributed by atoms with Crippen LogP contribution in [0.1, 0.15) is 60.9 Å². The van der Waals surface area contributed by atoms with Gasteiger partial charge in [-0.2, -0.15) is 0 Å². The van der Waals surface area contributed by atoms with Gasteiger partial charge in [-0.05, 0) is 44.2 Å². The molecular weight excluding hydrogens is 278 g/mol. The van der Waals surface area contributed by atoms with Crippen LogP contribution in [0.25, 0.3) is 0 Å². The van der Waals surface area contributed by atoms with Gasteiger partial charge in [-0.15, -0.1) is 21.5 Å². The monoisotopic (exact) mass is 303 g/mol. The highest BCUT2D eigenvalue weighted by Crippen LogP contribution is 2.22. The first-order valence-corrected chi connectivity index (χ1v) is 8.42. The molecule has 1 aromatic heterocycles. The van der Waals surface area contributed by atoms with E-state index in [0.717, 1.165) is 16.4 Å². The number of aryl methyl sites for hydroxylation is 1. The number of aromatic nitrogens is 2. The van der Waals surface area contributed by atoms with Gasteiger partial charge in [-0.25, -0.2) is 0 Å². The Hall–Kier alpha value is -1.26. The lowest BCUT2D eigenvalue weighted by atomic mass is 10.00. The Labute approximate surface area is 131 Å². The topological polar surface area (TPSA) is 37.8 Å².